The Bertz CT molecular complexity index is 1420. The molecule has 0 radical (unpaired) electrons. The summed E-state index contributed by atoms with van der Waals surface area (Å²) >= 11 is 0. The molecule has 0 unspecified atom stereocenters. The highest BCUT2D eigenvalue weighted by Crippen LogP contribution is 2.24. The molecule has 9 nitrogen and oxygen atoms in total. The first-order valence-electron chi connectivity index (χ1n) is 11.8. The van der Waals surface area contributed by atoms with Gasteiger partial charge in [0.2, 0.25) is 15.9 Å². The van der Waals surface area contributed by atoms with Gasteiger partial charge in [-0.3, -0.25) is 9.52 Å². The van der Waals surface area contributed by atoms with Gasteiger partial charge in [0.15, 0.2) is 0 Å². The highest BCUT2D eigenvalue weighted by atomic mass is 32.2. The van der Waals surface area contributed by atoms with Gasteiger partial charge in [0.05, 0.1) is 17.8 Å². The number of methoxy groups -OCH3 is 1. The van der Waals surface area contributed by atoms with E-state index in [1.54, 1.807) is 48.5 Å². The minimum atomic E-state index is -3.81. The molecule has 1 aliphatic heterocycles. The number of sulfonamides is 2. The van der Waals surface area contributed by atoms with Crippen molar-refractivity contribution in [3.8, 4) is 5.75 Å². The smallest absolute Gasteiger partial charge is 0.261 e. The zero-order valence-corrected chi connectivity index (χ0v) is 22.0. The minimum absolute atomic E-state index is 0.0539. The molecular formula is C26H29N3O6S2. The molecule has 1 saturated heterocycles. The molecule has 0 aromatic heterocycles. The SMILES string of the molecule is COc1ccc(NS(=O)(=O)c2ccc(NC(=O)C3CCN(S(=O)(=O)Cc4ccccc4)CC3)cc2)cc1. The number of rotatable bonds is 9. The van der Waals surface area contributed by atoms with Crippen LogP contribution in [0.2, 0.25) is 0 Å². The van der Waals surface area contributed by atoms with Gasteiger partial charge in [0.25, 0.3) is 10.0 Å². The topological polar surface area (TPSA) is 122 Å². The molecule has 3 aromatic rings. The van der Waals surface area contributed by atoms with Gasteiger partial charge < -0.3 is 10.1 Å². The fraction of sp³-hybridized carbons (Fsp3) is 0.269. The Morgan fingerprint density at radius 3 is 2.05 bits per heavy atom. The average Bonchev–Trinajstić information content (AvgIpc) is 2.89. The summed E-state index contributed by atoms with van der Waals surface area (Å²) in [5.74, 6) is 0.00530. The number of anilines is 2. The number of hydrogen-bond acceptors (Lipinski definition) is 6. The summed E-state index contributed by atoms with van der Waals surface area (Å²) in [7, 11) is -5.74. The van der Waals surface area contributed by atoms with Crippen LogP contribution in [0.3, 0.4) is 0 Å². The molecule has 1 fully saturated rings. The third-order valence-electron chi connectivity index (χ3n) is 6.18. The normalized spacial score (nSPS) is 15.2. The Morgan fingerprint density at radius 2 is 1.46 bits per heavy atom. The highest BCUT2D eigenvalue weighted by molar-refractivity contribution is 7.92. The van der Waals surface area contributed by atoms with Crippen molar-refractivity contribution >= 4 is 37.3 Å². The Hall–Kier alpha value is -3.41. The minimum Gasteiger partial charge on any atom is -0.497 e. The molecule has 1 aliphatic rings. The summed E-state index contributed by atoms with van der Waals surface area (Å²) < 4.78 is 59.9. The van der Waals surface area contributed by atoms with Crippen molar-refractivity contribution in [3.63, 3.8) is 0 Å². The Labute approximate surface area is 217 Å². The van der Waals surface area contributed by atoms with Crippen molar-refractivity contribution < 1.29 is 26.4 Å². The Morgan fingerprint density at radius 1 is 0.865 bits per heavy atom. The molecule has 0 aliphatic carbocycles. The van der Waals surface area contributed by atoms with E-state index in [4.69, 9.17) is 4.74 Å². The van der Waals surface area contributed by atoms with E-state index >= 15 is 0 Å². The van der Waals surface area contributed by atoms with Gasteiger partial charge in [-0.25, -0.2) is 21.1 Å². The fourth-order valence-electron chi connectivity index (χ4n) is 4.11. The van der Waals surface area contributed by atoms with E-state index in [9.17, 15) is 21.6 Å². The molecule has 0 bridgehead atoms. The number of piperidine rings is 1. The van der Waals surface area contributed by atoms with E-state index in [1.165, 1.54) is 35.7 Å². The van der Waals surface area contributed by atoms with Gasteiger partial charge in [-0.05, 0) is 66.9 Å². The summed E-state index contributed by atoms with van der Waals surface area (Å²) in [5, 5.41) is 2.81. The number of benzene rings is 3. The number of carbonyl (C=O) groups is 1. The molecule has 0 saturated carbocycles. The number of amides is 1. The zero-order valence-electron chi connectivity index (χ0n) is 20.3. The third kappa shape index (κ3) is 6.88. The molecule has 196 valence electrons. The molecule has 11 heteroatoms. The molecule has 1 heterocycles. The molecule has 4 rings (SSSR count). The fourth-order valence-corrected chi connectivity index (χ4v) is 6.73. The number of ether oxygens (including phenoxy) is 1. The monoisotopic (exact) mass is 543 g/mol. The first kappa shape index (κ1) is 26.6. The van der Waals surface area contributed by atoms with Crippen LogP contribution in [-0.2, 0) is 30.6 Å². The summed E-state index contributed by atoms with van der Waals surface area (Å²) in [6, 6.07) is 21.4. The lowest BCUT2D eigenvalue weighted by Gasteiger charge is -2.30. The van der Waals surface area contributed by atoms with Crippen LogP contribution in [-0.4, -0.2) is 47.2 Å². The summed E-state index contributed by atoms with van der Waals surface area (Å²) in [5.41, 5.74) is 1.59. The number of nitrogens with zero attached hydrogens (tertiary/aromatic N) is 1. The van der Waals surface area contributed by atoms with E-state index in [-0.39, 0.29) is 35.6 Å². The first-order valence-corrected chi connectivity index (χ1v) is 14.8. The van der Waals surface area contributed by atoms with Crippen LogP contribution >= 0.6 is 0 Å². The van der Waals surface area contributed by atoms with Crippen LogP contribution in [0, 0.1) is 5.92 Å². The second kappa shape index (κ2) is 11.3. The maximum atomic E-state index is 12.8. The Kier molecular flexibility index (Phi) is 8.16. The van der Waals surface area contributed by atoms with E-state index < -0.39 is 20.0 Å². The second-order valence-electron chi connectivity index (χ2n) is 8.76. The van der Waals surface area contributed by atoms with Crippen molar-refractivity contribution in [2.45, 2.75) is 23.5 Å². The maximum Gasteiger partial charge on any atom is 0.261 e. The lowest BCUT2D eigenvalue weighted by atomic mass is 9.97. The van der Waals surface area contributed by atoms with Crippen LogP contribution in [0.5, 0.6) is 5.75 Å². The van der Waals surface area contributed by atoms with Gasteiger partial charge in [-0.1, -0.05) is 30.3 Å². The summed E-state index contributed by atoms with van der Waals surface area (Å²) in [6.07, 6.45) is 0.830. The van der Waals surface area contributed by atoms with Crippen LogP contribution in [0.1, 0.15) is 18.4 Å². The van der Waals surface area contributed by atoms with E-state index in [2.05, 4.69) is 10.0 Å². The first-order chi connectivity index (χ1) is 17.7. The molecule has 0 spiro atoms. The number of nitrogens with one attached hydrogen (secondary N) is 2. The molecule has 3 aromatic carbocycles. The molecule has 0 atom stereocenters. The predicted molar refractivity (Wildman–Crippen MR) is 142 cm³/mol. The van der Waals surface area contributed by atoms with Crippen molar-refractivity contribution in [3.05, 3.63) is 84.4 Å². The lowest BCUT2D eigenvalue weighted by molar-refractivity contribution is -0.120. The van der Waals surface area contributed by atoms with Crippen LogP contribution in [0.15, 0.2) is 83.8 Å². The molecule has 2 N–H and O–H groups in total. The standard InChI is InChI=1S/C26H29N3O6S2/c1-35-24-11-7-23(8-12-24)28-37(33,34)25-13-9-22(10-14-25)27-26(30)21-15-17-29(18-16-21)36(31,32)19-20-5-3-2-4-6-20/h2-14,21,28H,15-19H2,1H3,(H,27,30). The van der Waals surface area contributed by atoms with Gasteiger partial charge in [0.1, 0.15) is 5.75 Å². The van der Waals surface area contributed by atoms with Crippen molar-refractivity contribution in [1.82, 2.24) is 4.31 Å². The average molecular weight is 544 g/mol. The lowest BCUT2D eigenvalue weighted by Crippen LogP contribution is -2.41. The van der Waals surface area contributed by atoms with Crippen molar-refractivity contribution in [2.75, 3.05) is 30.2 Å². The summed E-state index contributed by atoms with van der Waals surface area (Å²) in [6.45, 7) is 0.558. The van der Waals surface area contributed by atoms with Crippen LogP contribution in [0.25, 0.3) is 0 Å². The molecular weight excluding hydrogens is 514 g/mol. The van der Waals surface area contributed by atoms with Gasteiger partial charge in [0, 0.05) is 30.4 Å². The quantitative estimate of drug-likeness (QED) is 0.425. The number of carbonyl (C=O) groups excluding carboxylic acids is 1. The van der Waals surface area contributed by atoms with Crippen LogP contribution < -0.4 is 14.8 Å². The zero-order chi connectivity index (χ0) is 26.5. The second-order valence-corrected chi connectivity index (χ2v) is 12.4. The van der Waals surface area contributed by atoms with Gasteiger partial charge in [-0.2, -0.15) is 0 Å². The van der Waals surface area contributed by atoms with E-state index in [0.29, 0.717) is 30.0 Å². The van der Waals surface area contributed by atoms with Gasteiger partial charge >= 0.3 is 0 Å². The molecule has 1 amide bonds. The Balaban J connectivity index is 1.30. The van der Waals surface area contributed by atoms with Crippen molar-refractivity contribution in [2.24, 2.45) is 5.92 Å². The predicted octanol–water partition coefficient (Wildman–Crippen LogP) is 3.68. The van der Waals surface area contributed by atoms with Gasteiger partial charge in [-0.15, -0.1) is 0 Å². The van der Waals surface area contributed by atoms with Crippen LogP contribution in [0.4, 0.5) is 11.4 Å². The summed E-state index contributed by atoms with van der Waals surface area (Å²) in [4.78, 5) is 12.8. The van der Waals surface area contributed by atoms with Crippen molar-refractivity contribution in [1.29, 1.82) is 0 Å². The largest absolute Gasteiger partial charge is 0.497 e. The number of hydrogen-bond donors (Lipinski definition) is 2. The van der Waals surface area contributed by atoms with E-state index in [0.717, 1.165) is 5.56 Å². The maximum absolute atomic E-state index is 12.8. The molecule has 37 heavy (non-hydrogen) atoms. The van der Waals surface area contributed by atoms with E-state index in [1.807, 2.05) is 6.07 Å². The third-order valence-corrected chi connectivity index (χ3v) is 9.43. The highest BCUT2D eigenvalue weighted by Gasteiger charge is 2.31.